The van der Waals surface area contributed by atoms with E-state index >= 15 is 0 Å². The lowest BCUT2D eigenvalue weighted by atomic mass is 10.3. The third-order valence-corrected chi connectivity index (χ3v) is 8.70. The van der Waals surface area contributed by atoms with E-state index in [2.05, 4.69) is 0 Å². The Labute approximate surface area is 158 Å². The van der Waals surface area contributed by atoms with Crippen LogP contribution in [0.4, 0.5) is 11.4 Å². The minimum atomic E-state index is -2.65. The zero-order valence-electron chi connectivity index (χ0n) is 15.4. The van der Waals surface area contributed by atoms with Gasteiger partial charge in [-0.3, -0.25) is 20.2 Å². The van der Waals surface area contributed by atoms with Crippen molar-refractivity contribution in [2.24, 2.45) is 0 Å². The van der Waals surface area contributed by atoms with Crippen molar-refractivity contribution in [2.45, 2.75) is 26.2 Å². The van der Waals surface area contributed by atoms with Gasteiger partial charge in [-0.1, -0.05) is 0 Å². The first-order valence-electron chi connectivity index (χ1n) is 8.04. The second-order valence-corrected chi connectivity index (χ2v) is 13.4. The van der Waals surface area contributed by atoms with Crippen molar-refractivity contribution < 1.29 is 22.8 Å². The smallest absolute Gasteiger partial charge is 0.384 e. The molecule has 2 aromatic carbocycles. The Morgan fingerprint density at radius 2 is 0.963 bits per heavy atom. The maximum atomic E-state index is 10.7. The van der Waals surface area contributed by atoms with E-state index in [1.165, 1.54) is 48.5 Å². The molecular formula is C16H20N2O7Si2. The first-order chi connectivity index (χ1) is 12.5. The molecule has 0 aliphatic heterocycles. The number of rotatable bonds is 8. The van der Waals surface area contributed by atoms with Crippen molar-refractivity contribution in [3.05, 3.63) is 68.8 Å². The van der Waals surface area contributed by atoms with Crippen LogP contribution in [0.5, 0.6) is 11.5 Å². The van der Waals surface area contributed by atoms with Gasteiger partial charge in [0.15, 0.2) is 0 Å². The number of hydrogen-bond donors (Lipinski definition) is 0. The van der Waals surface area contributed by atoms with Gasteiger partial charge in [0, 0.05) is 24.3 Å². The van der Waals surface area contributed by atoms with E-state index in [1.54, 1.807) is 0 Å². The molecule has 0 unspecified atom stereocenters. The van der Waals surface area contributed by atoms with Gasteiger partial charge in [-0.25, -0.2) is 0 Å². The Kier molecular flexibility index (Phi) is 5.98. The first-order valence-corrected chi connectivity index (χ1v) is 13.7. The molecule has 27 heavy (non-hydrogen) atoms. The molecule has 0 N–H and O–H groups in total. The zero-order valence-corrected chi connectivity index (χ0v) is 17.4. The number of nitrogens with zero attached hydrogens (tertiary/aromatic N) is 2. The topological polar surface area (TPSA) is 114 Å². The lowest BCUT2D eigenvalue weighted by Gasteiger charge is -2.33. The van der Waals surface area contributed by atoms with Gasteiger partial charge in [0.1, 0.15) is 11.5 Å². The van der Waals surface area contributed by atoms with Gasteiger partial charge in [-0.2, -0.15) is 0 Å². The van der Waals surface area contributed by atoms with Crippen molar-refractivity contribution in [3.63, 3.8) is 0 Å². The third kappa shape index (κ3) is 6.16. The monoisotopic (exact) mass is 408 g/mol. The van der Waals surface area contributed by atoms with Crippen LogP contribution >= 0.6 is 0 Å². The van der Waals surface area contributed by atoms with E-state index in [4.69, 9.17) is 13.0 Å². The molecule has 2 rings (SSSR count). The molecular weight excluding hydrogens is 388 g/mol. The molecule has 0 spiro atoms. The van der Waals surface area contributed by atoms with E-state index in [0.29, 0.717) is 11.5 Å². The van der Waals surface area contributed by atoms with Gasteiger partial charge in [-0.05, 0) is 50.5 Å². The van der Waals surface area contributed by atoms with E-state index in [-0.39, 0.29) is 11.4 Å². The fourth-order valence-corrected chi connectivity index (χ4v) is 8.95. The lowest BCUT2D eigenvalue weighted by Crippen LogP contribution is -2.52. The molecule has 2 aromatic rings. The minimum absolute atomic E-state index is 0.0149. The van der Waals surface area contributed by atoms with Crippen LogP contribution in [0.25, 0.3) is 0 Å². The summed E-state index contributed by atoms with van der Waals surface area (Å²) in [5.74, 6) is 0.967. The Morgan fingerprint density at radius 3 is 1.22 bits per heavy atom. The molecule has 0 aliphatic carbocycles. The molecule has 144 valence electrons. The molecule has 0 fully saturated rings. The number of nitro groups is 2. The van der Waals surface area contributed by atoms with Crippen LogP contribution in [0, 0.1) is 20.2 Å². The van der Waals surface area contributed by atoms with Crippen LogP contribution in [0.3, 0.4) is 0 Å². The highest BCUT2D eigenvalue weighted by Crippen LogP contribution is 2.25. The molecule has 0 saturated heterocycles. The molecule has 0 heterocycles. The summed E-state index contributed by atoms with van der Waals surface area (Å²) in [7, 11) is -5.30. The van der Waals surface area contributed by atoms with Crippen molar-refractivity contribution in [2.75, 3.05) is 0 Å². The molecule has 0 bridgehead atoms. The average Bonchev–Trinajstić information content (AvgIpc) is 2.53. The SMILES string of the molecule is C[Si](C)(Oc1ccc([N+](=O)[O-])cc1)O[Si](C)(C)Oc1ccc([N+](=O)[O-])cc1. The maximum absolute atomic E-state index is 10.7. The highest BCUT2D eigenvalue weighted by Gasteiger charge is 2.39. The fraction of sp³-hybridized carbons (Fsp3) is 0.250. The van der Waals surface area contributed by atoms with Gasteiger partial charge < -0.3 is 13.0 Å². The van der Waals surface area contributed by atoms with Gasteiger partial charge in [0.25, 0.3) is 11.4 Å². The van der Waals surface area contributed by atoms with Gasteiger partial charge in [0.2, 0.25) is 0 Å². The Hall–Kier alpha value is -2.77. The second-order valence-electron chi connectivity index (χ2n) is 6.61. The quantitative estimate of drug-likeness (QED) is 0.362. The number of nitro benzene ring substituents is 2. The Morgan fingerprint density at radius 1 is 0.667 bits per heavy atom. The predicted octanol–water partition coefficient (Wildman–Crippen LogP) is 4.38. The third-order valence-electron chi connectivity index (χ3n) is 3.31. The lowest BCUT2D eigenvalue weighted by molar-refractivity contribution is -0.385. The summed E-state index contributed by atoms with van der Waals surface area (Å²) in [5.41, 5.74) is -0.0297. The normalized spacial score (nSPS) is 11.7. The van der Waals surface area contributed by atoms with Crippen molar-refractivity contribution in [1.82, 2.24) is 0 Å². The van der Waals surface area contributed by atoms with Crippen LogP contribution in [0.2, 0.25) is 26.2 Å². The van der Waals surface area contributed by atoms with Crippen LogP contribution < -0.4 is 8.85 Å². The summed E-state index contributed by atoms with van der Waals surface area (Å²) in [5, 5.41) is 21.4. The van der Waals surface area contributed by atoms with Crippen LogP contribution in [0.1, 0.15) is 0 Å². The fourth-order valence-electron chi connectivity index (χ4n) is 2.47. The predicted molar refractivity (Wildman–Crippen MR) is 103 cm³/mol. The van der Waals surface area contributed by atoms with Gasteiger partial charge in [-0.15, -0.1) is 0 Å². The molecule has 0 radical (unpaired) electrons. The number of hydrogen-bond acceptors (Lipinski definition) is 7. The standard InChI is InChI=1S/C16H20N2O7Si2/c1-26(2,23-15-9-5-13(6-10-15)17(19)20)25-27(3,4)24-16-11-7-14(8-12-16)18(21)22/h5-12H,1-4H3. The van der Waals surface area contributed by atoms with E-state index in [0.717, 1.165) is 0 Å². The minimum Gasteiger partial charge on any atom is -0.521 e. The van der Waals surface area contributed by atoms with Crippen molar-refractivity contribution in [3.8, 4) is 11.5 Å². The molecule has 11 heteroatoms. The molecule has 0 saturated carbocycles. The van der Waals surface area contributed by atoms with Gasteiger partial charge in [0.05, 0.1) is 9.85 Å². The molecule has 0 aliphatic rings. The van der Waals surface area contributed by atoms with Crippen molar-refractivity contribution >= 4 is 28.5 Å². The Bertz CT molecular complexity index is 754. The summed E-state index contributed by atoms with van der Waals surface area (Å²) in [6.07, 6.45) is 0. The Balaban J connectivity index is 2.03. The summed E-state index contributed by atoms with van der Waals surface area (Å²) >= 11 is 0. The summed E-state index contributed by atoms with van der Waals surface area (Å²) in [6, 6.07) is 11.6. The van der Waals surface area contributed by atoms with Gasteiger partial charge >= 0.3 is 17.1 Å². The molecule has 0 aromatic heterocycles. The largest absolute Gasteiger partial charge is 0.521 e. The summed E-state index contributed by atoms with van der Waals surface area (Å²) in [6.45, 7) is 7.40. The average molecular weight is 409 g/mol. The highest BCUT2D eigenvalue weighted by molar-refractivity contribution is 6.79. The van der Waals surface area contributed by atoms with E-state index < -0.39 is 27.0 Å². The van der Waals surface area contributed by atoms with E-state index in [9.17, 15) is 20.2 Å². The van der Waals surface area contributed by atoms with E-state index in [1.807, 2.05) is 26.2 Å². The highest BCUT2D eigenvalue weighted by atomic mass is 28.5. The first kappa shape index (κ1) is 20.5. The van der Waals surface area contributed by atoms with Crippen molar-refractivity contribution in [1.29, 1.82) is 0 Å². The molecule has 0 atom stereocenters. The molecule has 0 amide bonds. The summed E-state index contributed by atoms with van der Waals surface area (Å²) in [4.78, 5) is 20.5. The zero-order chi connectivity index (χ0) is 20.2. The summed E-state index contributed by atoms with van der Waals surface area (Å²) < 4.78 is 18.0. The maximum Gasteiger partial charge on any atom is 0.384 e. The number of non-ortho nitro benzene ring substituents is 2. The van der Waals surface area contributed by atoms with Crippen LogP contribution in [-0.4, -0.2) is 27.0 Å². The second kappa shape index (κ2) is 7.86. The van der Waals surface area contributed by atoms with Crippen LogP contribution in [0.15, 0.2) is 48.5 Å². The molecule has 9 nitrogen and oxygen atoms in total. The number of benzene rings is 2. The van der Waals surface area contributed by atoms with Crippen LogP contribution in [-0.2, 0) is 4.12 Å².